The molecule has 16 N–H and O–H groups in total. The van der Waals surface area contributed by atoms with Crippen LogP contribution >= 0.6 is 0 Å². The van der Waals surface area contributed by atoms with Crippen molar-refractivity contribution >= 4 is 59.1 Å². The number of nitrogens with zero attached hydrogens (tertiary/aromatic N) is 4. The number of nitrogens with two attached hydrogens (primary N) is 4. The van der Waals surface area contributed by atoms with Gasteiger partial charge in [0.15, 0.2) is 5.96 Å². The molecule has 2 saturated heterocycles. The number of likely N-dealkylation sites (tertiary alicyclic amines) is 2. The maximum atomic E-state index is 15.0. The van der Waals surface area contributed by atoms with Gasteiger partial charge >= 0.3 is 5.97 Å². The van der Waals surface area contributed by atoms with Gasteiger partial charge in [-0.2, -0.15) is 0 Å². The van der Waals surface area contributed by atoms with Crippen molar-refractivity contribution in [3.63, 3.8) is 0 Å². The summed E-state index contributed by atoms with van der Waals surface area (Å²) in [6.45, 7) is 2.34. The fourth-order valence-electron chi connectivity index (χ4n) is 8.80. The van der Waals surface area contributed by atoms with Crippen LogP contribution in [0.2, 0.25) is 0 Å². The predicted octanol–water partition coefficient (Wildman–Crippen LogP) is -1.24. The monoisotopic (exact) mass is 993 g/mol. The van der Waals surface area contributed by atoms with E-state index < -0.39 is 89.7 Å². The minimum Gasteiger partial charge on any atom is -0.480 e. The third-order valence-electron chi connectivity index (χ3n) is 12.5. The maximum Gasteiger partial charge on any atom is 0.326 e. The van der Waals surface area contributed by atoms with Crippen LogP contribution in [-0.2, 0) is 40.0 Å². The summed E-state index contributed by atoms with van der Waals surface area (Å²) in [5, 5.41) is 39.1. The van der Waals surface area contributed by atoms with Crippen molar-refractivity contribution in [2.45, 2.75) is 139 Å². The number of anilines is 1. The van der Waals surface area contributed by atoms with Gasteiger partial charge in [0.2, 0.25) is 29.5 Å². The van der Waals surface area contributed by atoms with Crippen molar-refractivity contribution < 1.29 is 48.6 Å². The zero-order valence-electron chi connectivity index (χ0n) is 40.4. The molecule has 2 aliphatic heterocycles. The van der Waals surface area contributed by atoms with E-state index in [4.69, 9.17) is 28.5 Å². The third kappa shape index (κ3) is 16.7. The van der Waals surface area contributed by atoms with Crippen molar-refractivity contribution in [1.82, 2.24) is 41.0 Å². The molecular formula is C47H72N14O10. The number of aliphatic carboxylic acids is 1. The summed E-state index contributed by atoms with van der Waals surface area (Å²) < 4.78 is 0. The molecule has 3 heterocycles. The highest BCUT2D eigenvalue weighted by Crippen LogP contribution is 2.27. The lowest BCUT2D eigenvalue weighted by Crippen LogP contribution is -2.63. The van der Waals surface area contributed by atoms with Crippen LogP contribution < -0.4 is 49.7 Å². The van der Waals surface area contributed by atoms with Gasteiger partial charge < -0.3 is 63.9 Å². The highest BCUT2D eigenvalue weighted by Gasteiger charge is 2.46. The van der Waals surface area contributed by atoms with Crippen LogP contribution in [0.25, 0.3) is 0 Å². The average Bonchev–Trinajstić information content (AvgIpc) is 4.06. The van der Waals surface area contributed by atoms with Gasteiger partial charge in [0.1, 0.15) is 42.1 Å². The number of nitrogen functional groups attached to an aromatic ring is 1. The number of carbonyl (C=O) groups excluding carboxylic acids is 7. The lowest BCUT2D eigenvalue weighted by molar-refractivity contribution is -0.157. The van der Waals surface area contributed by atoms with Crippen molar-refractivity contribution in [3.05, 3.63) is 59.8 Å². The number of hydrogen-bond acceptors (Lipinski definition) is 15. The van der Waals surface area contributed by atoms with Crippen LogP contribution in [0.3, 0.4) is 0 Å². The van der Waals surface area contributed by atoms with Crippen LogP contribution in [0.15, 0.2) is 48.7 Å². The summed E-state index contributed by atoms with van der Waals surface area (Å²) in [7, 11) is 0. The van der Waals surface area contributed by atoms with E-state index in [2.05, 4.69) is 31.7 Å². The molecule has 0 saturated carbocycles. The van der Waals surface area contributed by atoms with Gasteiger partial charge in [-0.25, -0.2) is 15.6 Å². The van der Waals surface area contributed by atoms with E-state index in [9.17, 15) is 48.6 Å². The Morgan fingerprint density at radius 2 is 1.48 bits per heavy atom. The number of rotatable bonds is 28. The summed E-state index contributed by atoms with van der Waals surface area (Å²) in [4.78, 5) is 120. The van der Waals surface area contributed by atoms with E-state index in [-0.39, 0.29) is 94.9 Å². The fraction of sp³-hybridized carbons (Fsp3) is 0.574. The molecule has 0 spiro atoms. The van der Waals surface area contributed by atoms with Gasteiger partial charge in [0.25, 0.3) is 11.8 Å². The van der Waals surface area contributed by atoms with Gasteiger partial charge in [0, 0.05) is 38.7 Å². The van der Waals surface area contributed by atoms with Crippen molar-refractivity contribution in [2.24, 2.45) is 23.0 Å². The molecular weight excluding hydrogens is 921 g/mol. The number of carboxylic acid groups (broad SMARTS) is 1. The number of unbranched alkanes of at least 4 members (excludes halogenated alkanes) is 3. The molecule has 0 radical (unpaired) electrons. The number of imide groups is 1. The van der Waals surface area contributed by atoms with Crippen molar-refractivity contribution in [1.29, 1.82) is 5.41 Å². The molecule has 24 nitrogen and oxygen atoms in total. The van der Waals surface area contributed by atoms with Crippen LogP contribution in [0.1, 0.15) is 106 Å². The molecule has 7 amide bonds. The lowest BCUT2D eigenvalue weighted by atomic mass is 10.00. The largest absolute Gasteiger partial charge is 0.480 e. The number of guanidine groups is 1. The van der Waals surface area contributed by atoms with E-state index >= 15 is 0 Å². The van der Waals surface area contributed by atoms with Crippen LogP contribution in [0, 0.1) is 5.41 Å². The SMILES string of the molecule is CC(O)[C@@H](C(=O)N[C@@H](CCCCN)C(=O)N1CCC[C@H]1C(=O)N1CCC[C@H]1C(=O)N[C@@H](CCCNC(=N)N)C(=O)O)N(C(=O)CCCCCN)C(=O)[C@H](Cc1ccccc1)NC(=O)c1ccc(NN)nc1. The Bertz CT molecular complexity index is 2130. The Labute approximate surface area is 413 Å². The topological polar surface area (TPSA) is 388 Å². The Hall–Kier alpha value is -6.76. The second kappa shape index (κ2) is 28.8. The number of amides is 7. The lowest BCUT2D eigenvalue weighted by Gasteiger charge is -2.36. The molecule has 2 fully saturated rings. The minimum atomic E-state index is -1.90. The third-order valence-corrected chi connectivity index (χ3v) is 12.5. The highest BCUT2D eigenvalue weighted by molar-refractivity contribution is 6.05. The molecule has 1 unspecified atom stereocenters. The van der Waals surface area contributed by atoms with E-state index in [0.29, 0.717) is 55.5 Å². The number of aliphatic hydroxyl groups excluding tert-OH is 1. The van der Waals surface area contributed by atoms with E-state index in [1.165, 1.54) is 35.1 Å². The van der Waals surface area contributed by atoms with Crippen LogP contribution in [-0.4, -0.2) is 158 Å². The van der Waals surface area contributed by atoms with Gasteiger partial charge in [-0.15, -0.1) is 0 Å². The number of aromatic nitrogens is 1. The highest BCUT2D eigenvalue weighted by atomic mass is 16.4. The number of pyridine rings is 1. The van der Waals surface area contributed by atoms with Gasteiger partial charge in [-0.3, -0.25) is 43.9 Å². The second-order valence-electron chi connectivity index (χ2n) is 17.8. The number of aliphatic hydroxyl groups is 1. The smallest absolute Gasteiger partial charge is 0.326 e. The van der Waals surface area contributed by atoms with E-state index in [1.807, 2.05) is 0 Å². The van der Waals surface area contributed by atoms with Crippen molar-refractivity contribution in [3.8, 4) is 0 Å². The van der Waals surface area contributed by atoms with Crippen molar-refractivity contribution in [2.75, 3.05) is 38.1 Å². The van der Waals surface area contributed by atoms with Gasteiger partial charge in [-0.05, 0) is 108 Å². The number of nitrogens with one attached hydrogen (secondary N) is 6. The van der Waals surface area contributed by atoms with Crippen LogP contribution in [0.5, 0.6) is 0 Å². The second-order valence-corrected chi connectivity index (χ2v) is 17.8. The summed E-state index contributed by atoms with van der Waals surface area (Å²) in [5.74, 6) is -1.27. The van der Waals surface area contributed by atoms with E-state index in [1.54, 1.807) is 30.3 Å². The molecule has 2 aliphatic rings. The first-order valence-electron chi connectivity index (χ1n) is 24.3. The zero-order valence-corrected chi connectivity index (χ0v) is 40.4. The molecule has 7 atom stereocenters. The molecule has 2 aromatic rings. The average molecular weight is 993 g/mol. The zero-order chi connectivity index (χ0) is 52.0. The van der Waals surface area contributed by atoms with Crippen LogP contribution in [0.4, 0.5) is 5.82 Å². The summed E-state index contributed by atoms with van der Waals surface area (Å²) in [6.07, 6.45) is 3.00. The summed E-state index contributed by atoms with van der Waals surface area (Å²) in [5.41, 5.74) is 19.8. The Balaban J connectivity index is 1.63. The molecule has 71 heavy (non-hydrogen) atoms. The number of hydrazine groups is 1. The number of benzene rings is 1. The molecule has 4 rings (SSSR count). The number of carboxylic acids is 1. The minimum absolute atomic E-state index is 0.0269. The molecule has 1 aromatic carbocycles. The first kappa shape index (κ1) is 56.8. The maximum absolute atomic E-state index is 15.0. The molecule has 24 heteroatoms. The molecule has 390 valence electrons. The summed E-state index contributed by atoms with van der Waals surface area (Å²) in [6, 6.07) is 3.50. The Morgan fingerprint density at radius 3 is 2.10 bits per heavy atom. The summed E-state index contributed by atoms with van der Waals surface area (Å²) >= 11 is 0. The first-order valence-corrected chi connectivity index (χ1v) is 24.3. The Kier molecular flexibility index (Phi) is 23.0. The molecule has 0 bridgehead atoms. The fourth-order valence-corrected chi connectivity index (χ4v) is 8.80. The molecule has 0 aliphatic carbocycles. The van der Waals surface area contributed by atoms with E-state index in [0.717, 1.165) is 0 Å². The Morgan fingerprint density at radius 1 is 0.817 bits per heavy atom. The molecule has 1 aromatic heterocycles. The van der Waals surface area contributed by atoms with Gasteiger partial charge in [-0.1, -0.05) is 36.8 Å². The predicted molar refractivity (Wildman–Crippen MR) is 261 cm³/mol. The standard InChI is InChI=1S/C47H72N14O10/c1-29(62)39(61(38(63)19-6-3-8-22-48)44(68)34(27-30-13-4-2-5-14-30)57-40(64)31-20-21-37(58-52)54-28-31)42(66)55-32(15-7-9-23-49)43(67)60-26-12-18-36(60)45(69)59-25-11-17-35(59)41(65)56-33(46(70)71)16-10-24-53-47(50)51/h2,4-5,13-14,20-21,28-29,32-36,39,62H,3,6-12,15-19,22-27,48-49,52H2,1H3,(H,54,58)(H,55,66)(H,56,65)(H,57,64)(H,70,71)(H4,50,51,53)/t29?,32-,33-,34-,35-,36-,39-/m0/s1. The number of hydrogen-bond donors (Lipinski definition) is 12. The quantitative estimate of drug-likeness (QED) is 0.0156. The van der Waals surface area contributed by atoms with Gasteiger partial charge in [0.05, 0.1) is 11.7 Å². The first-order chi connectivity index (χ1) is 34.0. The normalized spacial score (nSPS) is 17.5. The number of carbonyl (C=O) groups is 8.